The molecule has 0 aromatic carbocycles. The number of carbonyl (C=O) groups excluding carboxylic acids is 1. The van der Waals surface area contributed by atoms with Gasteiger partial charge in [-0.1, -0.05) is 0 Å². The molecule has 0 aromatic rings. The molecule has 17 heavy (non-hydrogen) atoms. The quantitative estimate of drug-likeness (QED) is 0.710. The topological polar surface area (TPSA) is 44.8 Å². The van der Waals surface area contributed by atoms with E-state index >= 15 is 0 Å². The molecule has 5 heteroatoms. The van der Waals surface area contributed by atoms with Crippen molar-refractivity contribution in [2.75, 3.05) is 46.4 Å². The molecule has 2 rings (SSSR count). The molecular weight excluding hydrogens is 218 g/mol. The predicted molar refractivity (Wildman–Crippen MR) is 65.9 cm³/mol. The molecule has 2 saturated heterocycles. The van der Waals surface area contributed by atoms with Crippen LogP contribution in [0.2, 0.25) is 0 Å². The minimum atomic E-state index is 0.0584. The van der Waals surface area contributed by atoms with Gasteiger partial charge < -0.3 is 19.9 Å². The van der Waals surface area contributed by atoms with Gasteiger partial charge in [0.05, 0.1) is 19.1 Å². The highest BCUT2D eigenvalue weighted by molar-refractivity contribution is 5.77. The molecule has 0 aromatic heterocycles. The summed E-state index contributed by atoms with van der Waals surface area (Å²) < 4.78 is 5.58. The minimum absolute atomic E-state index is 0.0584. The summed E-state index contributed by atoms with van der Waals surface area (Å²) in [5, 5.41) is 3.26. The van der Waals surface area contributed by atoms with Crippen LogP contribution in [0.15, 0.2) is 0 Å². The summed E-state index contributed by atoms with van der Waals surface area (Å²) in [6.07, 6.45) is 0.573. The van der Waals surface area contributed by atoms with Crippen molar-refractivity contribution in [1.29, 1.82) is 0 Å². The molecule has 0 spiro atoms. The smallest absolute Gasteiger partial charge is 0.225 e. The van der Waals surface area contributed by atoms with Gasteiger partial charge in [0.15, 0.2) is 0 Å². The highest BCUT2D eigenvalue weighted by Crippen LogP contribution is 2.12. The highest BCUT2D eigenvalue weighted by Gasteiger charge is 2.28. The number of ether oxygens (including phenoxy) is 1. The van der Waals surface area contributed by atoms with Crippen LogP contribution >= 0.6 is 0 Å². The van der Waals surface area contributed by atoms with Crippen molar-refractivity contribution in [2.45, 2.75) is 25.5 Å². The molecule has 2 aliphatic heterocycles. The average molecular weight is 241 g/mol. The number of morpholine rings is 1. The van der Waals surface area contributed by atoms with Crippen LogP contribution in [-0.4, -0.2) is 74.2 Å². The van der Waals surface area contributed by atoms with Gasteiger partial charge in [-0.2, -0.15) is 0 Å². The van der Waals surface area contributed by atoms with Crippen molar-refractivity contribution in [3.05, 3.63) is 0 Å². The molecule has 0 saturated carbocycles. The van der Waals surface area contributed by atoms with E-state index in [2.05, 4.69) is 24.2 Å². The van der Waals surface area contributed by atoms with Crippen LogP contribution in [0.3, 0.4) is 0 Å². The number of carbonyl (C=O) groups is 1. The van der Waals surface area contributed by atoms with Gasteiger partial charge in [-0.3, -0.25) is 4.79 Å². The number of nitrogens with zero attached hydrogens (tertiary/aromatic N) is 2. The first kappa shape index (κ1) is 12.8. The predicted octanol–water partition coefficient (Wildman–Crippen LogP) is -0.473. The van der Waals surface area contributed by atoms with Crippen LogP contribution in [0.1, 0.15) is 13.3 Å². The lowest BCUT2D eigenvalue weighted by Gasteiger charge is -2.39. The zero-order valence-electron chi connectivity index (χ0n) is 10.8. The van der Waals surface area contributed by atoms with Gasteiger partial charge in [-0.15, -0.1) is 0 Å². The van der Waals surface area contributed by atoms with E-state index in [-0.39, 0.29) is 12.0 Å². The van der Waals surface area contributed by atoms with Crippen LogP contribution in [0.4, 0.5) is 0 Å². The van der Waals surface area contributed by atoms with E-state index in [1.54, 1.807) is 0 Å². The summed E-state index contributed by atoms with van der Waals surface area (Å²) in [7, 11) is 2.10. The Bertz CT molecular complexity index is 266. The Morgan fingerprint density at radius 1 is 1.47 bits per heavy atom. The summed E-state index contributed by atoms with van der Waals surface area (Å²) >= 11 is 0. The van der Waals surface area contributed by atoms with Gasteiger partial charge in [-0.05, 0) is 14.0 Å². The lowest BCUT2D eigenvalue weighted by atomic mass is 10.1. The zero-order valence-corrected chi connectivity index (χ0v) is 10.8. The Balaban J connectivity index is 1.82. The number of likely N-dealkylation sites (N-methyl/N-ethyl adjacent to an activating group) is 1. The van der Waals surface area contributed by atoms with E-state index in [1.807, 2.05) is 4.90 Å². The highest BCUT2D eigenvalue weighted by atomic mass is 16.5. The Morgan fingerprint density at radius 2 is 2.29 bits per heavy atom. The van der Waals surface area contributed by atoms with Crippen molar-refractivity contribution < 1.29 is 9.53 Å². The number of nitrogens with one attached hydrogen (secondary N) is 1. The van der Waals surface area contributed by atoms with Gasteiger partial charge >= 0.3 is 0 Å². The summed E-state index contributed by atoms with van der Waals surface area (Å²) in [5.41, 5.74) is 0. The Hall–Kier alpha value is -0.650. The van der Waals surface area contributed by atoms with Crippen molar-refractivity contribution in [2.24, 2.45) is 0 Å². The van der Waals surface area contributed by atoms with Gasteiger partial charge in [0, 0.05) is 38.8 Å². The first-order valence-electron chi connectivity index (χ1n) is 6.47. The van der Waals surface area contributed by atoms with Crippen LogP contribution < -0.4 is 5.32 Å². The van der Waals surface area contributed by atoms with Gasteiger partial charge in [0.25, 0.3) is 0 Å². The minimum Gasteiger partial charge on any atom is -0.375 e. The normalized spacial score (nSPS) is 31.5. The maximum atomic E-state index is 12.2. The van der Waals surface area contributed by atoms with Crippen LogP contribution in [0.25, 0.3) is 0 Å². The monoisotopic (exact) mass is 241 g/mol. The first-order chi connectivity index (χ1) is 8.16. The fourth-order valence-corrected chi connectivity index (χ4v) is 2.57. The SMILES string of the molecule is CC1CN(C)CCN1C(=O)CC1CNCCO1. The van der Waals surface area contributed by atoms with Gasteiger partial charge in [0.1, 0.15) is 0 Å². The maximum Gasteiger partial charge on any atom is 0.225 e. The van der Waals surface area contributed by atoms with Gasteiger partial charge in [0.2, 0.25) is 5.91 Å². The number of rotatable bonds is 2. The van der Waals surface area contributed by atoms with Crippen LogP contribution in [0, 0.1) is 0 Å². The third-order valence-electron chi connectivity index (χ3n) is 3.56. The van der Waals surface area contributed by atoms with Crippen molar-refractivity contribution in [1.82, 2.24) is 15.1 Å². The lowest BCUT2D eigenvalue weighted by molar-refractivity contribution is -0.138. The number of piperazine rings is 1. The molecule has 0 radical (unpaired) electrons. The van der Waals surface area contributed by atoms with E-state index in [0.717, 1.165) is 39.3 Å². The van der Waals surface area contributed by atoms with Crippen molar-refractivity contribution in [3.63, 3.8) is 0 Å². The third-order valence-corrected chi connectivity index (χ3v) is 3.56. The molecule has 2 heterocycles. The molecule has 2 unspecified atom stereocenters. The van der Waals surface area contributed by atoms with Gasteiger partial charge in [-0.25, -0.2) is 0 Å². The fourth-order valence-electron chi connectivity index (χ4n) is 2.57. The standard InChI is InChI=1S/C12H23N3O2/c1-10-9-14(2)4-5-15(10)12(16)7-11-8-13-3-6-17-11/h10-11,13H,3-9H2,1-2H3. The summed E-state index contributed by atoms with van der Waals surface area (Å²) in [4.78, 5) is 16.5. The summed E-state index contributed by atoms with van der Waals surface area (Å²) in [5.74, 6) is 0.235. The van der Waals surface area contributed by atoms with E-state index in [0.29, 0.717) is 12.5 Å². The second-order valence-corrected chi connectivity index (χ2v) is 5.10. The fraction of sp³-hybridized carbons (Fsp3) is 0.917. The molecule has 0 aliphatic carbocycles. The van der Waals surface area contributed by atoms with E-state index in [4.69, 9.17) is 4.74 Å². The molecule has 2 aliphatic rings. The lowest BCUT2D eigenvalue weighted by Crippen LogP contribution is -2.54. The Kier molecular flexibility index (Phi) is 4.36. The Morgan fingerprint density at radius 3 is 2.94 bits per heavy atom. The largest absolute Gasteiger partial charge is 0.375 e. The molecule has 1 N–H and O–H groups in total. The second-order valence-electron chi connectivity index (χ2n) is 5.10. The van der Waals surface area contributed by atoms with Crippen LogP contribution in [-0.2, 0) is 9.53 Å². The van der Waals surface area contributed by atoms with Crippen LogP contribution in [0.5, 0.6) is 0 Å². The van der Waals surface area contributed by atoms with E-state index < -0.39 is 0 Å². The molecule has 1 amide bonds. The summed E-state index contributed by atoms with van der Waals surface area (Å²) in [6, 6.07) is 0.317. The average Bonchev–Trinajstić information content (AvgIpc) is 2.30. The maximum absolute atomic E-state index is 12.2. The van der Waals surface area contributed by atoms with E-state index in [1.165, 1.54) is 0 Å². The molecule has 2 atom stereocenters. The molecular formula is C12H23N3O2. The number of amides is 1. The molecule has 2 fully saturated rings. The molecule has 0 bridgehead atoms. The summed E-state index contributed by atoms with van der Waals surface area (Å²) in [6.45, 7) is 7.32. The van der Waals surface area contributed by atoms with Crippen molar-refractivity contribution in [3.8, 4) is 0 Å². The molecule has 5 nitrogen and oxygen atoms in total. The second kappa shape index (κ2) is 5.80. The zero-order chi connectivity index (χ0) is 12.3. The third kappa shape index (κ3) is 3.40. The van der Waals surface area contributed by atoms with Crippen molar-refractivity contribution >= 4 is 5.91 Å². The molecule has 98 valence electrons. The number of hydrogen-bond acceptors (Lipinski definition) is 4. The van der Waals surface area contributed by atoms with E-state index in [9.17, 15) is 4.79 Å². The Labute approximate surface area is 103 Å². The first-order valence-corrected chi connectivity index (χ1v) is 6.47. The number of hydrogen-bond donors (Lipinski definition) is 1.